The first-order valence-corrected chi connectivity index (χ1v) is 8.56. The van der Waals surface area contributed by atoms with E-state index in [4.69, 9.17) is 10.8 Å². The van der Waals surface area contributed by atoms with Crippen LogP contribution in [-0.2, 0) is 30.4 Å². The molecule has 28 heavy (non-hydrogen) atoms. The zero-order valence-corrected chi connectivity index (χ0v) is 15.5. The van der Waals surface area contributed by atoms with Gasteiger partial charge in [-0.1, -0.05) is 29.8 Å². The maximum atomic E-state index is 12.2. The molecule has 0 fully saturated rings. The Balaban J connectivity index is 2.62. The molecule has 0 radical (unpaired) electrons. The number of amides is 4. The van der Waals surface area contributed by atoms with Gasteiger partial charge in [0.15, 0.2) is 0 Å². The number of carboxylic acid groups (broad SMARTS) is 1. The van der Waals surface area contributed by atoms with E-state index in [2.05, 4.69) is 16.0 Å². The Morgan fingerprint density at radius 3 is 2.21 bits per heavy atom. The molecule has 0 aliphatic rings. The van der Waals surface area contributed by atoms with Crippen LogP contribution in [0.15, 0.2) is 24.3 Å². The summed E-state index contributed by atoms with van der Waals surface area (Å²) in [6.07, 6.45) is -0.448. The van der Waals surface area contributed by atoms with Crippen molar-refractivity contribution in [2.45, 2.75) is 32.2 Å². The second kappa shape index (κ2) is 11.3. The lowest BCUT2D eigenvalue weighted by molar-refractivity contribution is -0.138. The Morgan fingerprint density at radius 2 is 1.64 bits per heavy atom. The van der Waals surface area contributed by atoms with E-state index in [9.17, 15) is 24.0 Å². The predicted molar refractivity (Wildman–Crippen MR) is 98.9 cm³/mol. The van der Waals surface area contributed by atoms with Crippen LogP contribution in [0.25, 0.3) is 0 Å². The van der Waals surface area contributed by atoms with Crippen LogP contribution in [0.4, 0.5) is 0 Å². The van der Waals surface area contributed by atoms with Gasteiger partial charge in [0.25, 0.3) is 0 Å². The average molecular weight is 392 g/mol. The largest absolute Gasteiger partial charge is 0.481 e. The normalized spacial score (nSPS) is 11.2. The molecule has 0 aliphatic heterocycles. The van der Waals surface area contributed by atoms with E-state index in [1.165, 1.54) is 0 Å². The fourth-order valence-corrected chi connectivity index (χ4v) is 2.21. The van der Waals surface area contributed by atoms with Crippen LogP contribution in [0.2, 0.25) is 0 Å². The first kappa shape index (κ1) is 22.6. The predicted octanol–water partition coefficient (Wildman–Crippen LogP) is -1.40. The Labute approximate surface area is 161 Å². The minimum absolute atomic E-state index is 0.0240. The number of aryl methyl sites for hydroxylation is 1. The standard InChI is InChI=1S/C18H24N4O6/c1-11-2-4-12(5-3-11)8-15(24)22-13(6-7-17(26)27)18(28)21-10-16(25)20-9-14(19)23/h2-5,13H,6-10H2,1H3,(H2,19,23)(H,20,25)(H,21,28)(H,22,24)(H,26,27). The van der Waals surface area contributed by atoms with Gasteiger partial charge in [0.1, 0.15) is 6.04 Å². The van der Waals surface area contributed by atoms with Gasteiger partial charge in [0.05, 0.1) is 19.5 Å². The molecule has 0 spiro atoms. The van der Waals surface area contributed by atoms with E-state index in [0.29, 0.717) is 0 Å². The highest BCUT2D eigenvalue weighted by molar-refractivity contribution is 5.92. The topological polar surface area (TPSA) is 168 Å². The van der Waals surface area contributed by atoms with E-state index in [1.807, 2.05) is 19.1 Å². The number of aliphatic carboxylic acids is 1. The number of carbonyl (C=O) groups excluding carboxylic acids is 4. The monoisotopic (exact) mass is 392 g/mol. The first-order chi connectivity index (χ1) is 13.2. The van der Waals surface area contributed by atoms with E-state index in [1.54, 1.807) is 12.1 Å². The summed E-state index contributed by atoms with van der Waals surface area (Å²) < 4.78 is 0. The molecule has 10 heteroatoms. The third-order valence-electron chi connectivity index (χ3n) is 3.67. The molecular formula is C18H24N4O6. The zero-order valence-electron chi connectivity index (χ0n) is 15.5. The Kier molecular flexibility index (Phi) is 9.14. The zero-order chi connectivity index (χ0) is 21.1. The average Bonchev–Trinajstić information content (AvgIpc) is 2.63. The quantitative estimate of drug-likeness (QED) is 0.310. The van der Waals surface area contributed by atoms with E-state index < -0.39 is 42.2 Å². The highest BCUT2D eigenvalue weighted by Gasteiger charge is 2.22. The minimum atomic E-state index is -1.12. The summed E-state index contributed by atoms with van der Waals surface area (Å²) in [5.74, 6) is -3.65. The second-order valence-corrected chi connectivity index (χ2v) is 6.18. The van der Waals surface area contributed by atoms with Crippen molar-refractivity contribution < 1.29 is 29.1 Å². The van der Waals surface area contributed by atoms with Crippen molar-refractivity contribution in [3.8, 4) is 0 Å². The summed E-state index contributed by atoms with van der Waals surface area (Å²) >= 11 is 0. The van der Waals surface area contributed by atoms with Crippen molar-refractivity contribution in [3.05, 3.63) is 35.4 Å². The van der Waals surface area contributed by atoms with Gasteiger partial charge in [-0.2, -0.15) is 0 Å². The molecule has 0 aliphatic carbocycles. The lowest BCUT2D eigenvalue weighted by Gasteiger charge is -2.18. The van der Waals surface area contributed by atoms with E-state index in [-0.39, 0.29) is 25.8 Å². The molecule has 1 atom stereocenters. The Morgan fingerprint density at radius 1 is 1.00 bits per heavy atom. The summed E-state index contributed by atoms with van der Waals surface area (Å²) in [7, 11) is 0. The fourth-order valence-electron chi connectivity index (χ4n) is 2.21. The molecular weight excluding hydrogens is 368 g/mol. The van der Waals surface area contributed by atoms with E-state index >= 15 is 0 Å². The molecule has 4 amide bonds. The molecule has 1 unspecified atom stereocenters. The van der Waals surface area contributed by atoms with Crippen LogP contribution < -0.4 is 21.7 Å². The van der Waals surface area contributed by atoms with Crippen LogP contribution in [0, 0.1) is 6.92 Å². The molecule has 0 saturated heterocycles. The third kappa shape index (κ3) is 9.32. The van der Waals surface area contributed by atoms with Gasteiger partial charge in [-0.15, -0.1) is 0 Å². The van der Waals surface area contributed by atoms with Crippen LogP contribution in [0.3, 0.4) is 0 Å². The molecule has 0 bridgehead atoms. The number of rotatable bonds is 11. The van der Waals surface area contributed by atoms with Crippen LogP contribution in [0.1, 0.15) is 24.0 Å². The number of carboxylic acids is 1. The molecule has 10 nitrogen and oxygen atoms in total. The number of hydrogen-bond acceptors (Lipinski definition) is 5. The van der Waals surface area contributed by atoms with Crippen molar-refractivity contribution >= 4 is 29.6 Å². The molecule has 1 aromatic carbocycles. The maximum Gasteiger partial charge on any atom is 0.303 e. The van der Waals surface area contributed by atoms with Gasteiger partial charge in [-0.25, -0.2) is 0 Å². The highest BCUT2D eigenvalue weighted by Crippen LogP contribution is 2.05. The summed E-state index contributed by atoms with van der Waals surface area (Å²) in [6.45, 7) is 1.10. The maximum absolute atomic E-state index is 12.2. The number of primary amides is 1. The van der Waals surface area contributed by atoms with Crippen molar-refractivity contribution in [1.82, 2.24) is 16.0 Å². The molecule has 0 heterocycles. The molecule has 152 valence electrons. The molecule has 1 aromatic rings. The van der Waals surface area contributed by atoms with Crippen LogP contribution in [-0.4, -0.2) is 53.8 Å². The molecule has 0 aromatic heterocycles. The Bertz CT molecular complexity index is 732. The number of hydrogen-bond donors (Lipinski definition) is 5. The van der Waals surface area contributed by atoms with Gasteiger partial charge >= 0.3 is 5.97 Å². The highest BCUT2D eigenvalue weighted by atomic mass is 16.4. The SMILES string of the molecule is Cc1ccc(CC(=O)NC(CCC(=O)O)C(=O)NCC(=O)NCC(N)=O)cc1. The fraction of sp³-hybridized carbons (Fsp3) is 0.389. The van der Waals surface area contributed by atoms with Crippen molar-refractivity contribution in [1.29, 1.82) is 0 Å². The number of carbonyl (C=O) groups is 5. The lowest BCUT2D eigenvalue weighted by Crippen LogP contribution is -2.50. The van der Waals surface area contributed by atoms with Gasteiger partial charge in [-0.3, -0.25) is 24.0 Å². The second-order valence-electron chi connectivity index (χ2n) is 6.18. The molecule has 6 N–H and O–H groups in total. The van der Waals surface area contributed by atoms with Crippen LogP contribution in [0.5, 0.6) is 0 Å². The summed E-state index contributed by atoms with van der Waals surface area (Å²) in [5, 5.41) is 15.8. The lowest BCUT2D eigenvalue weighted by atomic mass is 10.1. The van der Waals surface area contributed by atoms with Gasteiger partial charge in [0.2, 0.25) is 23.6 Å². The van der Waals surface area contributed by atoms with Crippen molar-refractivity contribution in [2.24, 2.45) is 5.73 Å². The smallest absolute Gasteiger partial charge is 0.303 e. The molecule has 0 saturated carbocycles. The summed E-state index contributed by atoms with van der Waals surface area (Å²) in [5.41, 5.74) is 6.68. The summed E-state index contributed by atoms with van der Waals surface area (Å²) in [4.78, 5) is 57.4. The van der Waals surface area contributed by atoms with Crippen LogP contribution >= 0.6 is 0 Å². The molecule has 1 rings (SSSR count). The minimum Gasteiger partial charge on any atom is -0.481 e. The van der Waals surface area contributed by atoms with Gasteiger partial charge < -0.3 is 26.8 Å². The summed E-state index contributed by atoms with van der Waals surface area (Å²) in [6, 6.07) is 6.15. The van der Waals surface area contributed by atoms with E-state index in [0.717, 1.165) is 11.1 Å². The van der Waals surface area contributed by atoms with Gasteiger partial charge in [0, 0.05) is 6.42 Å². The third-order valence-corrected chi connectivity index (χ3v) is 3.67. The van der Waals surface area contributed by atoms with Crippen molar-refractivity contribution in [3.63, 3.8) is 0 Å². The van der Waals surface area contributed by atoms with Gasteiger partial charge in [-0.05, 0) is 18.9 Å². The number of benzene rings is 1. The number of nitrogens with one attached hydrogen (secondary N) is 3. The Hall–Kier alpha value is -3.43. The first-order valence-electron chi connectivity index (χ1n) is 8.56. The van der Waals surface area contributed by atoms with Crippen molar-refractivity contribution in [2.75, 3.05) is 13.1 Å². The number of nitrogens with two attached hydrogens (primary N) is 1.